The average molecular weight is 557 g/mol. The summed E-state index contributed by atoms with van der Waals surface area (Å²) in [6, 6.07) is 8.08. The Balaban J connectivity index is 0.00000280. The minimum Gasteiger partial charge on any atom is -0.525 e. The molecule has 0 bridgehead atoms. The summed E-state index contributed by atoms with van der Waals surface area (Å²) in [5.41, 5.74) is 2.95. The minimum absolute atomic E-state index is 0. The molecule has 1 atom stereocenters. The van der Waals surface area contributed by atoms with Gasteiger partial charge in [-0.3, -0.25) is 10.9 Å². The molecular formula is C21H28N3O3Re-. The average Bonchev–Trinajstić information content (AvgIpc) is 3.13. The predicted molar refractivity (Wildman–Crippen MR) is 104 cm³/mol. The molecule has 2 aromatic rings. The van der Waals surface area contributed by atoms with Crippen LogP contribution in [0.3, 0.4) is 0 Å². The van der Waals surface area contributed by atoms with E-state index in [4.69, 9.17) is 14.2 Å². The van der Waals surface area contributed by atoms with Gasteiger partial charge in [-0.15, -0.1) is 6.54 Å². The Morgan fingerprint density at radius 2 is 1.82 bits per heavy atom. The van der Waals surface area contributed by atoms with Gasteiger partial charge in [-0.2, -0.15) is 6.42 Å². The van der Waals surface area contributed by atoms with Crippen LogP contribution in [0.4, 0.5) is 0 Å². The number of pyridine rings is 2. The number of nitrogens with zero attached hydrogens (tertiary/aromatic N) is 3. The Morgan fingerprint density at radius 1 is 1.11 bits per heavy atom. The molecule has 1 unspecified atom stereocenters. The van der Waals surface area contributed by atoms with Crippen molar-refractivity contribution in [3.63, 3.8) is 0 Å². The summed E-state index contributed by atoms with van der Waals surface area (Å²) in [7, 11) is 3.23. The van der Waals surface area contributed by atoms with Crippen molar-refractivity contribution in [3.8, 4) is 17.4 Å². The molecule has 3 heterocycles. The maximum Gasteiger partial charge on any atom is 0.257 e. The topological polar surface area (TPSA) is 56.7 Å². The van der Waals surface area contributed by atoms with Gasteiger partial charge < -0.3 is 19.1 Å². The van der Waals surface area contributed by atoms with Gasteiger partial charge in [-0.25, -0.2) is 4.98 Å². The van der Waals surface area contributed by atoms with Crippen LogP contribution in [0, 0.1) is 19.8 Å². The van der Waals surface area contributed by atoms with Crippen molar-refractivity contribution < 1.29 is 34.6 Å². The van der Waals surface area contributed by atoms with Crippen molar-refractivity contribution in [1.82, 2.24) is 14.9 Å². The molecule has 6 nitrogen and oxygen atoms in total. The molecule has 1 saturated heterocycles. The van der Waals surface area contributed by atoms with Crippen LogP contribution in [0.2, 0.25) is 0 Å². The van der Waals surface area contributed by atoms with E-state index in [1.807, 2.05) is 38.1 Å². The van der Waals surface area contributed by atoms with Crippen molar-refractivity contribution in [2.75, 3.05) is 33.9 Å². The van der Waals surface area contributed by atoms with Crippen molar-refractivity contribution in [1.29, 1.82) is 0 Å². The summed E-state index contributed by atoms with van der Waals surface area (Å²) >= 11 is 0. The summed E-state index contributed by atoms with van der Waals surface area (Å²) in [5.74, 6) is 3.46. The number of methoxy groups -OCH3 is 2. The van der Waals surface area contributed by atoms with E-state index in [9.17, 15) is 0 Å². The summed E-state index contributed by atoms with van der Waals surface area (Å²) < 4.78 is 16.6. The molecule has 1 aliphatic rings. The van der Waals surface area contributed by atoms with Gasteiger partial charge in [0.15, 0.2) is 5.75 Å². The van der Waals surface area contributed by atoms with Crippen LogP contribution in [0.1, 0.15) is 36.5 Å². The van der Waals surface area contributed by atoms with E-state index in [0.717, 1.165) is 42.3 Å². The first-order chi connectivity index (χ1) is 13.0. The van der Waals surface area contributed by atoms with E-state index >= 15 is 0 Å². The van der Waals surface area contributed by atoms with Gasteiger partial charge >= 0.3 is 0 Å². The molecule has 0 N–H and O–H groups in total. The van der Waals surface area contributed by atoms with Gasteiger partial charge in [-0.1, -0.05) is 0 Å². The Hall–Kier alpha value is -1.68. The van der Waals surface area contributed by atoms with Crippen LogP contribution < -0.4 is 14.2 Å². The maximum atomic E-state index is 6.00. The van der Waals surface area contributed by atoms with Crippen molar-refractivity contribution >= 4 is 0 Å². The second kappa shape index (κ2) is 10.2. The quantitative estimate of drug-likeness (QED) is 0.487. The first-order valence-corrected chi connectivity index (χ1v) is 9.24. The summed E-state index contributed by atoms with van der Waals surface area (Å²) in [4.78, 5) is 11.4. The third-order valence-electron chi connectivity index (χ3n) is 4.91. The monoisotopic (exact) mass is 557 g/mol. The number of aromatic nitrogens is 2. The van der Waals surface area contributed by atoms with Gasteiger partial charge in [0, 0.05) is 50.0 Å². The molecule has 1 radical (unpaired) electrons. The van der Waals surface area contributed by atoms with Crippen molar-refractivity contribution in [3.05, 3.63) is 47.3 Å². The molecule has 2 aromatic heterocycles. The molecule has 0 spiro atoms. The van der Waals surface area contributed by atoms with Gasteiger partial charge in [0.05, 0.1) is 19.9 Å². The Labute approximate surface area is 181 Å². The fourth-order valence-corrected chi connectivity index (χ4v) is 3.42. The first-order valence-electron chi connectivity index (χ1n) is 9.24. The second-order valence-corrected chi connectivity index (χ2v) is 6.97. The van der Waals surface area contributed by atoms with Crippen LogP contribution in [-0.2, 0) is 20.4 Å². The number of hydrogen-bond acceptors (Lipinski definition) is 6. The zero-order valence-electron chi connectivity index (χ0n) is 17.2. The van der Waals surface area contributed by atoms with Gasteiger partial charge in [-0.05, 0) is 46.1 Å². The van der Waals surface area contributed by atoms with Gasteiger partial charge in [0.2, 0.25) is 0 Å². The standard InChI is InChI=1S/C21H28N3O3.Re/c1-14-10-18(11-15(2)22-14)27-13-17-8-9-24(12-17)16(3)19-6-7-20(25-4)21(23-19)26-5;/h6-7,10-11,16H,8-9,12-13H2,1-5H3;/q-1;. The Kier molecular flexibility index (Phi) is 8.24. The largest absolute Gasteiger partial charge is 0.525 e. The fourth-order valence-electron chi connectivity index (χ4n) is 3.42. The first kappa shape index (κ1) is 22.6. The third kappa shape index (κ3) is 5.44. The van der Waals surface area contributed by atoms with Gasteiger partial charge in [0.1, 0.15) is 5.75 Å². The zero-order chi connectivity index (χ0) is 19.4. The number of rotatable bonds is 7. The number of aryl methyl sites for hydroxylation is 2. The molecule has 28 heavy (non-hydrogen) atoms. The number of ether oxygens (including phenoxy) is 3. The van der Waals surface area contributed by atoms with Crippen molar-refractivity contribution in [2.45, 2.75) is 33.2 Å². The Bertz CT molecular complexity index is 767. The minimum atomic E-state index is 0. The molecule has 1 fully saturated rings. The van der Waals surface area contributed by atoms with E-state index in [-0.39, 0.29) is 26.5 Å². The van der Waals surface area contributed by atoms with E-state index in [2.05, 4.69) is 21.8 Å². The third-order valence-corrected chi connectivity index (χ3v) is 4.91. The van der Waals surface area contributed by atoms with E-state index in [0.29, 0.717) is 18.2 Å². The molecular weight excluding hydrogens is 528 g/mol. The second-order valence-electron chi connectivity index (χ2n) is 6.97. The van der Waals surface area contributed by atoms with Crippen LogP contribution in [0.25, 0.3) is 0 Å². The van der Waals surface area contributed by atoms with E-state index < -0.39 is 0 Å². The molecule has 0 amide bonds. The van der Waals surface area contributed by atoms with Crippen LogP contribution in [0.5, 0.6) is 17.4 Å². The molecule has 0 aromatic carbocycles. The molecule has 0 saturated carbocycles. The molecule has 1 aliphatic heterocycles. The normalized spacial score (nSPS) is 15.8. The molecule has 3 rings (SSSR count). The molecule has 153 valence electrons. The van der Waals surface area contributed by atoms with E-state index in [1.54, 1.807) is 14.2 Å². The summed E-state index contributed by atoms with van der Waals surface area (Å²) in [5, 5.41) is 0. The van der Waals surface area contributed by atoms with Crippen LogP contribution >= 0.6 is 0 Å². The predicted octanol–water partition coefficient (Wildman–Crippen LogP) is 3.53. The molecule has 0 aliphatic carbocycles. The number of likely N-dealkylation sites (tertiary alicyclic amines) is 1. The maximum absolute atomic E-state index is 6.00. The Morgan fingerprint density at radius 3 is 2.46 bits per heavy atom. The zero-order valence-corrected chi connectivity index (χ0v) is 19.9. The van der Waals surface area contributed by atoms with Crippen LogP contribution in [0.15, 0.2) is 24.3 Å². The number of hydrogen-bond donors (Lipinski definition) is 0. The summed E-state index contributed by atoms with van der Waals surface area (Å²) in [6.07, 6.45) is 1.04. The summed E-state index contributed by atoms with van der Waals surface area (Å²) in [6.45, 7) is 8.72. The molecule has 7 heteroatoms. The fraction of sp³-hybridized carbons (Fsp3) is 0.476. The van der Waals surface area contributed by atoms with E-state index in [1.165, 1.54) is 5.92 Å². The van der Waals surface area contributed by atoms with Crippen LogP contribution in [-0.4, -0.2) is 48.8 Å². The van der Waals surface area contributed by atoms with Crippen molar-refractivity contribution in [2.24, 2.45) is 0 Å². The SMILES string of the molecule is COc1ccc(C(C)N2CC[C-](COc3cc(C)nc(C)c3)C2)nc1OC.[Re]. The van der Waals surface area contributed by atoms with Gasteiger partial charge in [0.25, 0.3) is 5.88 Å². The smallest absolute Gasteiger partial charge is 0.257 e.